The number of hydrogen-bond donors (Lipinski definition) is 2. The highest BCUT2D eigenvalue weighted by atomic mass is 32.7. The van der Waals surface area contributed by atoms with Crippen LogP contribution in [0.1, 0.15) is 0 Å². The summed E-state index contributed by atoms with van der Waals surface area (Å²) in [6.07, 6.45) is 0. The van der Waals surface area contributed by atoms with E-state index in [-0.39, 0.29) is 0 Å². The maximum Gasteiger partial charge on any atom is 0.374 e. The summed E-state index contributed by atoms with van der Waals surface area (Å²) in [4.78, 5) is 0. The topological polar surface area (TPSA) is 64.3 Å². The quantitative estimate of drug-likeness (QED) is 0.752. The summed E-state index contributed by atoms with van der Waals surface area (Å²) in [6, 6.07) is 9.09. The number of rotatable bonds is 6. The Morgan fingerprint density at radius 2 is 2.13 bits per heavy atom. The molecule has 0 aliphatic heterocycles. The molecule has 0 aliphatic carbocycles. The van der Waals surface area contributed by atoms with Gasteiger partial charge in [0.15, 0.2) is 0 Å². The molecule has 0 aliphatic rings. The lowest BCUT2D eigenvalue weighted by molar-refractivity contribution is 0.491. The Morgan fingerprint density at radius 3 is 2.67 bits per heavy atom. The van der Waals surface area contributed by atoms with Gasteiger partial charge in [0.2, 0.25) is 0 Å². The molecule has 1 rings (SSSR count). The molecule has 15 heavy (non-hydrogen) atoms. The van der Waals surface area contributed by atoms with E-state index in [1.54, 1.807) is 19.2 Å². The maximum absolute atomic E-state index is 12.1. The number of benzene rings is 1. The average Bonchev–Trinajstić information content (AvgIpc) is 2.28. The Morgan fingerprint density at radius 1 is 1.47 bits per heavy atom. The largest absolute Gasteiger partial charge is 0.426 e. The van der Waals surface area contributed by atoms with E-state index in [0.29, 0.717) is 18.0 Å². The average molecular weight is 246 g/mol. The predicted molar refractivity (Wildman–Crippen MR) is 65.2 cm³/mol. The van der Waals surface area contributed by atoms with Crippen LogP contribution in [-0.4, -0.2) is 19.3 Å². The van der Waals surface area contributed by atoms with Gasteiger partial charge in [-0.25, -0.2) is 9.65 Å². The van der Waals surface area contributed by atoms with Gasteiger partial charge in [-0.3, -0.25) is 0 Å². The van der Waals surface area contributed by atoms with Crippen molar-refractivity contribution >= 4 is 18.1 Å². The van der Waals surface area contributed by atoms with Crippen molar-refractivity contribution in [2.24, 2.45) is 5.73 Å². The standard InChI is InChI=1S/C9H15N2O2PS/c1-11-14(12,15-8-7-10)13-9-5-3-2-4-6-9/h2-6H,7-8,10H2,1H3,(H,11,12). The molecule has 1 aromatic rings. The van der Waals surface area contributed by atoms with E-state index in [1.807, 2.05) is 18.2 Å². The molecule has 84 valence electrons. The summed E-state index contributed by atoms with van der Waals surface area (Å²) < 4.78 is 17.5. The molecule has 1 unspecified atom stereocenters. The fraction of sp³-hybridized carbons (Fsp3) is 0.333. The third kappa shape index (κ3) is 4.26. The van der Waals surface area contributed by atoms with E-state index >= 15 is 0 Å². The van der Waals surface area contributed by atoms with Crippen LogP contribution < -0.4 is 15.3 Å². The van der Waals surface area contributed by atoms with Gasteiger partial charge in [-0.05, 0) is 30.6 Å². The molecule has 1 aromatic carbocycles. The molecule has 0 saturated carbocycles. The second-order valence-corrected chi connectivity index (χ2v) is 7.26. The molecular weight excluding hydrogens is 231 g/mol. The van der Waals surface area contributed by atoms with E-state index in [4.69, 9.17) is 10.3 Å². The minimum atomic E-state index is -2.85. The SMILES string of the molecule is CNP(=O)(Oc1ccccc1)SCCN. The molecule has 0 spiro atoms. The molecular formula is C9H15N2O2PS. The van der Waals surface area contributed by atoms with Gasteiger partial charge in [-0.1, -0.05) is 18.2 Å². The molecule has 0 heterocycles. The van der Waals surface area contributed by atoms with E-state index in [1.165, 1.54) is 11.4 Å². The molecule has 0 amide bonds. The molecule has 3 N–H and O–H groups in total. The van der Waals surface area contributed by atoms with E-state index in [2.05, 4.69) is 5.09 Å². The third-order valence-electron chi connectivity index (χ3n) is 1.62. The van der Waals surface area contributed by atoms with Crippen LogP contribution in [0.15, 0.2) is 30.3 Å². The second-order valence-electron chi connectivity index (χ2n) is 2.75. The van der Waals surface area contributed by atoms with Crippen LogP contribution in [-0.2, 0) is 4.57 Å². The number of hydrogen-bond acceptors (Lipinski definition) is 4. The first-order valence-electron chi connectivity index (χ1n) is 4.58. The molecule has 0 fully saturated rings. The number of para-hydroxylation sites is 1. The number of nitrogens with one attached hydrogen (secondary N) is 1. The van der Waals surface area contributed by atoms with Crippen LogP contribution in [0, 0.1) is 0 Å². The summed E-state index contributed by atoms with van der Waals surface area (Å²) >= 11 is 1.22. The lowest BCUT2D eigenvalue weighted by atomic mass is 10.3. The fourth-order valence-electron chi connectivity index (χ4n) is 0.930. The first-order chi connectivity index (χ1) is 7.20. The highest BCUT2D eigenvalue weighted by molar-refractivity contribution is 8.56. The van der Waals surface area contributed by atoms with Crippen LogP contribution in [0.4, 0.5) is 0 Å². The Balaban J connectivity index is 2.64. The summed E-state index contributed by atoms with van der Waals surface area (Å²) in [5, 5.41) is 2.70. The Kier molecular flexibility index (Phi) is 5.19. The summed E-state index contributed by atoms with van der Waals surface area (Å²) in [6.45, 7) is -2.37. The van der Waals surface area contributed by atoms with E-state index in [9.17, 15) is 4.57 Å². The lowest BCUT2D eigenvalue weighted by Gasteiger charge is -2.16. The van der Waals surface area contributed by atoms with Gasteiger partial charge in [-0.15, -0.1) is 0 Å². The van der Waals surface area contributed by atoms with Gasteiger partial charge in [0.25, 0.3) is 0 Å². The Hall–Kier alpha value is -0.480. The van der Waals surface area contributed by atoms with Crippen molar-refractivity contribution in [3.63, 3.8) is 0 Å². The molecule has 0 aromatic heterocycles. The van der Waals surface area contributed by atoms with Gasteiger partial charge in [-0.2, -0.15) is 0 Å². The van der Waals surface area contributed by atoms with Crippen LogP contribution in [0.2, 0.25) is 0 Å². The van der Waals surface area contributed by atoms with E-state index < -0.39 is 6.72 Å². The molecule has 4 nitrogen and oxygen atoms in total. The maximum atomic E-state index is 12.1. The minimum absolute atomic E-state index is 0.481. The number of nitrogens with two attached hydrogens (primary N) is 1. The fourth-order valence-corrected chi connectivity index (χ4v) is 3.79. The smallest absolute Gasteiger partial charge is 0.374 e. The monoisotopic (exact) mass is 246 g/mol. The Labute approximate surface area is 93.8 Å². The van der Waals surface area contributed by atoms with Crippen molar-refractivity contribution in [2.45, 2.75) is 0 Å². The van der Waals surface area contributed by atoms with Gasteiger partial charge in [0.05, 0.1) is 0 Å². The summed E-state index contributed by atoms with van der Waals surface area (Å²) in [5.41, 5.74) is 5.36. The van der Waals surface area contributed by atoms with E-state index in [0.717, 1.165) is 0 Å². The molecule has 6 heteroatoms. The highest BCUT2D eigenvalue weighted by Crippen LogP contribution is 2.54. The van der Waals surface area contributed by atoms with Gasteiger partial charge >= 0.3 is 6.72 Å². The molecule has 0 radical (unpaired) electrons. The zero-order valence-electron chi connectivity index (χ0n) is 8.55. The highest BCUT2D eigenvalue weighted by Gasteiger charge is 2.22. The van der Waals surface area contributed by atoms with Crippen LogP contribution in [0.3, 0.4) is 0 Å². The first-order valence-corrected chi connectivity index (χ1v) is 7.80. The third-order valence-corrected chi connectivity index (χ3v) is 5.72. The van der Waals surface area contributed by atoms with Gasteiger partial charge < -0.3 is 10.3 Å². The van der Waals surface area contributed by atoms with Gasteiger partial charge in [0, 0.05) is 12.3 Å². The lowest BCUT2D eigenvalue weighted by Crippen LogP contribution is -2.09. The first kappa shape index (κ1) is 12.6. The molecule has 0 bridgehead atoms. The van der Waals surface area contributed by atoms with Crippen LogP contribution in [0.25, 0.3) is 0 Å². The minimum Gasteiger partial charge on any atom is -0.426 e. The van der Waals surface area contributed by atoms with Crippen LogP contribution in [0.5, 0.6) is 5.75 Å². The van der Waals surface area contributed by atoms with Crippen molar-refractivity contribution < 1.29 is 9.09 Å². The second kappa shape index (κ2) is 6.18. The Bertz CT molecular complexity index is 334. The normalized spacial score (nSPS) is 14.5. The zero-order valence-corrected chi connectivity index (χ0v) is 10.3. The van der Waals surface area contributed by atoms with Crippen molar-refractivity contribution in [1.29, 1.82) is 0 Å². The predicted octanol–water partition coefficient (Wildman–Crippen LogP) is 2.08. The van der Waals surface area contributed by atoms with Crippen LogP contribution >= 0.6 is 18.1 Å². The summed E-state index contributed by atoms with van der Waals surface area (Å²) in [5.74, 6) is 1.20. The zero-order chi connectivity index (χ0) is 11.1. The van der Waals surface area contributed by atoms with Crippen molar-refractivity contribution in [3.05, 3.63) is 30.3 Å². The van der Waals surface area contributed by atoms with Crippen molar-refractivity contribution in [3.8, 4) is 5.75 Å². The van der Waals surface area contributed by atoms with Crippen molar-refractivity contribution in [1.82, 2.24) is 5.09 Å². The molecule has 1 atom stereocenters. The summed E-state index contributed by atoms with van der Waals surface area (Å²) in [7, 11) is 1.62. The van der Waals surface area contributed by atoms with Gasteiger partial charge in [0.1, 0.15) is 5.75 Å². The molecule has 0 saturated heterocycles. The van der Waals surface area contributed by atoms with Crippen molar-refractivity contribution in [2.75, 3.05) is 19.3 Å².